The monoisotopic (exact) mass is 503 g/mol. The van der Waals surface area contributed by atoms with Crippen molar-refractivity contribution in [3.63, 3.8) is 0 Å². The highest BCUT2D eigenvalue weighted by molar-refractivity contribution is 14.0. The summed E-state index contributed by atoms with van der Waals surface area (Å²) in [6.45, 7) is 15.6. The van der Waals surface area contributed by atoms with Gasteiger partial charge in [0, 0.05) is 51.1 Å². The van der Waals surface area contributed by atoms with Crippen molar-refractivity contribution in [1.29, 1.82) is 0 Å². The largest absolute Gasteiger partial charge is 0.357 e. The van der Waals surface area contributed by atoms with Gasteiger partial charge in [0.1, 0.15) is 9.84 Å². The maximum atomic E-state index is 11.3. The van der Waals surface area contributed by atoms with Crippen molar-refractivity contribution in [1.82, 2.24) is 20.4 Å². The molecular formula is C17H38IN5O2S. The molecule has 2 N–H and O–H groups in total. The van der Waals surface area contributed by atoms with Crippen LogP contribution in [0.5, 0.6) is 0 Å². The predicted molar refractivity (Wildman–Crippen MR) is 121 cm³/mol. The van der Waals surface area contributed by atoms with Crippen LogP contribution in [-0.2, 0) is 9.84 Å². The van der Waals surface area contributed by atoms with Crippen LogP contribution in [0.4, 0.5) is 0 Å². The molecule has 26 heavy (non-hydrogen) atoms. The number of aliphatic imine (C=N–C) groups is 1. The molecule has 0 spiro atoms. The van der Waals surface area contributed by atoms with Gasteiger partial charge < -0.3 is 15.5 Å². The molecule has 0 aliphatic carbocycles. The van der Waals surface area contributed by atoms with E-state index in [0.29, 0.717) is 12.5 Å². The molecule has 0 aromatic rings. The van der Waals surface area contributed by atoms with Crippen molar-refractivity contribution in [3.05, 3.63) is 0 Å². The van der Waals surface area contributed by atoms with E-state index in [-0.39, 0.29) is 35.8 Å². The van der Waals surface area contributed by atoms with E-state index in [1.54, 1.807) is 0 Å². The van der Waals surface area contributed by atoms with Crippen LogP contribution in [0.2, 0.25) is 0 Å². The fourth-order valence-corrected chi connectivity index (χ4v) is 3.66. The summed E-state index contributed by atoms with van der Waals surface area (Å²) in [5.41, 5.74) is 0. The van der Waals surface area contributed by atoms with E-state index in [1.165, 1.54) is 6.26 Å². The van der Waals surface area contributed by atoms with E-state index in [4.69, 9.17) is 4.99 Å². The number of halogens is 1. The minimum Gasteiger partial charge on any atom is -0.357 e. The molecule has 156 valence electrons. The van der Waals surface area contributed by atoms with Crippen molar-refractivity contribution in [2.75, 3.05) is 57.8 Å². The molecule has 7 nitrogen and oxygen atoms in total. The van der Waals surface area contributed by atoms with Crippen molar-refractivity contribution < 1.29 is 8.42 Å². The Hall–Kier alpha value is -0.130. The zero-order chi connectivity index (χ0) is 18.9. The van der Waals surface area contributed by atoms with E-state index in [0.717, 1.165) is 51.8 Å². The lowest BCUT2D eigenvalue weighted by molar-refractivity contribution is 0.109. The Labute approximate surface area is 177 Å². The minimum absolute atomic E-state index is 0. The molecule has 0 aromatic carbocycles. The van der Waals surface area contributed by atoms with Crippen LogP contribution in [0.3, 0.4) is 0 Å². The molecule has 0 amide bonds. The zero-order valence-electron chi connectivity index (χ0n) is 17.0. The summed E-state index contributed by atoms with van der Waals surface area (Å²) in [5.74, 6) is 0.959. The van der Waals surface area contributed by atoms with E-state index >= 15 is 0 Å². The maximum absolute atomic E-state index is 11.3. The number of guanidine groups is 1. The third-order valence-corrected chi connectivity index (χ3v) is 5.62. The second-order valence-corrected chi connectivity index (χ2v) is 9.26. The summed E-state index contributed by atoms with van der Waals surface area (Å²) in [6, 6.07) is 0.469. The van der Waals surface area contributed by atoms with E-state index in [2.05, 4.69) is 34.3 Å². The Morgan fingerprint density at radius 1 is 1.15 bits per heavy atom. The van der Waals surface area contributed by atoms with Crippen LogP contribution in [0.15, 0.2) is 4.99 Å². The van der Waals surface area contributed by atoms with Gasteiger partial charge >= 0.3 is 0 Å². The molecule has 2 atom stereocenters. The van der Waals surface area contributed by atoms with E-state index in [1.807, 2.05) is 13.8 Å². The van der Waals surface area contributed by atoms with Gasteiger partial charge in [-0.25, -0.2) is 8.42 Å². The lowest BCUT2D eigenvalue weighted by atomic mass is 10.2. The number of hydrogen-bond donors (Lipinski definition) is 2. The fourth-order valence-electron chi connectivity index (χ4n) is 2.88. The Balaban J connectivity index is 0.00000625. The Morgan fingerprint density at radius 3 is 2.27 bits per heavy atom. The van der Waals surface area contributed by atoms with Gasteiger partial charge in [-0.3, -0.25) is 9.89 Å². The smallest absolute Gasteiger partial charge is 0.191 e. The van der Waals surface area contributed by atoms with Gasteiger partial charge in [-0.2, -0.15) is 0 Å². The van der Waals surface area contributed by atoms with Crippen LogP contribution in [-0.4, -0.2) is 94.1 Å². The fraction of sp³-hybridized carbons (Fsp3) is 0.941. The Kier molecular flexibility index (Phi) is 13.0. The number of nitrogens with one attached hydrogen (secondary N) is 2. The first-order chi connectivity index (χ1) is 11.7. The number of nitrogens with zero attached hydrogens (tertiary/aromatic N) is 3. The van der Waals surface area contributed by atoms with E-state index in [9.17, 15) is 8.42 Å². The quantitative estimate of drug-likeness (QED) is 0.278. The summed E-state index contributed by atoms with van der Waals surface area (Å²) in [4.78, 5) is 9.67. The normalized spacial score (nSPS) is 19.5. The summed E-state index contributed by atoms with van der Waals surface area (Å²) in [5, 5.41) is 6.56. The second kappa shape index (κ2) is 13.1. The first-order valence-corrected chi connectivity index (χ1v) is 11.5. The van der Waals surface area contributed by atoms with Crippen LogP contribution in [0.1, 0.15) is 34.1 Å². The Morgan fingerprint density at radius 2 is 1.77 bits per heavy atom. The van der Waals surface area contributed by atoms with Gasteiger partial charge in [-0.15, -0.1) is 24.0 Å². The summed E-state index contributed by atoms with van der Waals surface area (Å²) in [7, 11) is -2.93. The van der Waals surface area contributed by atoms with Gasteiger partial charge in [0.25, 0.3) is 0 Å². The SMILES string of the molecule is CCNC(=NCC(C)N1CCN(CC)CC1)NC(C)CCS(C)(=O)=O.I. The molecule has 0 bridgehead atoms. The average molecular weight is 503 g/mol. The highest BCUT2D eigenvalue weighted by Crippen LogP contribution is 2.06. The molecule has 1 saturated heterocycles. The maximum Gasteiger partial charge on any atom is 0.191 e. The highest BCUT2D eigenvalue weighted by atomic mass is 127. The van der Waals surface area contributed by atoms with Gasteiger partial charge in [-0.05, 0) is 33.7 Å². The number of hydrogen-bond acceptors (Lipinski definition) is 5. The van der Waals surface area contributed by atoms with Crippen LogP contribution >= 0.6 is 24.0 Å². The predicted octanol–water partition coefficient (Wildman–Crippen LogP) is 1.01. The molecule has 9 heteroatoms. The molecule has 1 aliphatic rings. The Bertz CT molecular complexity index is 507. The number of likely N-dealkylation sites (N-methyl/N-ethyl adjacent to an activating group) is 1. The average Bonchev–Trinajstić information content (AvgIpc) is 2.57. The number of piperazine rings is 1. The molecule has 0 saturated carbocycles. The lowest BCUT2D eigenvalue weighted by Crippen LogP contribution is -2.50. The zero-order valence-corrected chi connectivity index (χ0v) is 20.1. The van der Waals surface area contributed by atoms with Crippen molar-refractivity contribution in [3.8, 4) is 0 Å². The molecule has 1 aliphatic heterocycles. The highest BCUT2D eigenvalue weighted by Gasteiger charge is 2.20. The minimum atomic E-state index is -2.93. The molecular weight excluding hydrogens is 465 g/mol. The van der Waals surface area contributed by atoms with Crippen molar-refractivity contribution >= 4 is 39.8 Å². The molecule has 1 fully saturated rings. The third kappa shape index (κ3) is 10.9. The number of rotatable bonds is 9. The number of sulfone groups is 1. The standard InChI is InChI=1S/C17H37N5O2S.HI/c1-6-18-17(20-15(3)8-13-25(5,23)24)19-14-16(4)22-11-9-21(7-2)10-12-22;/h15-16H,6-14H2,1-5H3,(H2,18,19,20);1H. The van der Waals surface area contributed by atoms with Gasteiger partial charge in [0.2, 0.25) is 0 Å². The topological polar surface area (TPSA) is 77.0 Å². The molecule has 1 rings (SSSR count). The third-order valence-electron chi connectivity index (χ3n) is 4.64. The molecule has 2 unspecified atom stereocenters. The first-order valence-electron chi connectivity index (χ1n) is 9.44. The van der Waals surface area contributed by atoms with Crippen LogP contribution < -0.4 is 10.6 Å². The molecule has 0 radical (unpaired) electrons. The van der Waals surface area contributed by atoms with E-state index < -0.39 is 9.84 Å². The second-order valence-electron chi connectivity index (χ2n) is 7.00. The van der Waals surface area contributed by atoms with Crippen molar-refractivity contribution in [2.45, 2.75) is 46.2 Å². The lowest BCUT2D eigenvalue weighted by Gasteiger charge is -2.37. The summed E-state index contributed by atoms with van der Waals surface area (Å²) >= 11 is 0. The van der Waals surface area contributed by atoms with Crippen molar-refractivity contribution in [2.24, 2.45) is 4.99 Å². The first kappa shape index (κ1) is 25.9. The van der Waals surface area contributed by atoms with Crippen LogP contribution in [0, 0.1) is 0 Å². The van der Waals surface area contributed by atoms with Gasteiger partial charge in [-0.1, -0.05) is 6.92 Å². The van der Waals surface area contributed by atoms with Crippen LogP contribution in [0.25, 0.3) is 0 Å². The van der Waals surface area contributed by atoms with Gasteiger partial charge in [0.15, 0.2) is 5.96 Å². The summed E-state index contributed by atoms with van der Waals surface area (Å²) in [6.07, 6.45) is 1.86. The molecule has 0 aromatic heterocycles. The molecule has 1 heterocycles. The van der Waals surface area contributed by atoms with Gasteiger partial charge in [0.05, 0.1) is 12.3 Å². The summed E-state index contributed by atoms with van der Waals surface area (Å²) < 4.78 is 22.6.